The standard InChI is InChI=1S/C11H12N2O/c1-8-3-4-9(7-11(8)12-2)10-5-6-14-13-10/h3-7,12H,1-2H3. The van der Waals surface area contributed by atoms with Crippen LogP contribution in [0.25, 0.3) is 11.3 Å². The summed E-state index contributed by atoms with van der Waals surface area (Å²) in [7, 11) is 1.91. The zero-order chi connectivity index (χ0) is 9.97. The summed E-state index contributed by atoms with van der Waals surface area (Å²) in [5.41, 5.74) is 4.26. The third kappa shape index (κ3) is 1.48. The van der Waals surface area contributed by atoms with E-state index in [0.717, 1.165) is 16.9 Å². The normalized spacial score (nSPS) is 10.1. The maximum Gasteiger partial charge on any atom is 0.124 e. The second kappa shape index (κ2) is 3.54. The third-order valence-corrected chi connectivity index (χ3v) is 2.24. The van der Waals surface area contributed by atoms with Crippen LogP contribution in [0.4, 0.5) is 5.69 Å². The number of nitrogens with one attached hydrogen (secondary N) is 1. The van der Waals surface area contributed by atoms with Gasteiger partial charge in [0.25, 0.3) is 0 Å². The highest BCUT2D eigenvalue weighted by atomic mass is 16.5. The molecule has 0 atom stereocenters. The van der Waals surface area contributed by atoms with Crippen LogP contribution in [-0.2, 0) is 0 Å². The average Bonchev–Trinajstić information content (AvgIpc) is 2.71. The Balaban J connectivity index is 2.46. The molecule has 0 aliphatic heterocycles. The summed E-state index contributed by atoms with van der Waals surface area (Å²) >= 11 is 0. The first-order chi connectivity index (χ1) is 6.81. The minimum atomic E-state index is 0.863. The van der Waals surface area contributed by atoms with Gasteiger partial charge in [0.05, 0.1) is 0 Å². The highest BCUT2D eigenvalue weighted by molar-refractivity contribution is 5.66. The zero-order valence-corrected chi connectivity index (χ0v) is 8.24. The van der Waals surface area contributed by atoms with Gasteiger partial charge >= 0.3 is 0 Å². The number of benzene rings is 1. The van der Waals surface area contributed by atoms with Gasteiger partial charge in [0.15, 0.2) is 0 Å². The van der Waals surface area contributed by atoms with Crippen molar-refractivity contribution in [3.8, 4) is 11.3 Å². The van der Waals surface area contributed by atoms with Gasteiger partial charge in [-0.2, -0.15) is 0 Å². The van der Waals surface area contributed by atoms with Gasteiger partial charge < -0.3 is 9.84 Å². The molecule has 14 heavy (non-hydrogen) atoms. The number of hydrogen-bond donors (Lipinski definition) is 1. The second-order valence-corrected chi connectivity index (χ2v) is 3.16. The Kier molecular flexibility index (Phi) is 2.23. The average molecular weight is 188 g/mol. The maximum atomic E-state index is 4.80. The van der Waals surface area contributed by atoms with E-state index < -0.39 is 0 Å². The van der Waals surface area contributed by atoms with Gasteiger partial charge in [-0.15, -0.1) is 0 Å². The van der Waals surface area contributed by atoms with E-state index >= 15 is 0 Å². The first kappa shape index (κ1) is 8.81. The molecule has 1 heterocycles. The molecular formula is C11H12N2O. The SMILES string of the molecule is CNc1cc(-c2ccon2)ccc1C. The molecule has 0 fully saturated rings. The minimum absolute atomic E-state index is 0.863. The lowest BCUT2D eigenvalue weighted by molar-refractivity contribution is 0.422. The molecule has 1 aromatic carbocycles. The maximum absolute atomic E-state index is 4.80. The summed E-state index contributed by atoms with van der Waals surface area (Å²) in [6, 6.07) is 8.02. The summed E-state index contributed by atoms with van der Waals surface area (Å²) in [6.45, 7) is 2.07. The summed E-state index contributed by atoms with van der Waals surface area (Å²) in [6.07, 6.45) is 1.58. The summed E-state index contributed by atoms with van der Waals surface area (Å²) in [4.78, 5) is 0. The molecule has 2 rings (SSSR count). The van der Waals surface area contributed by atoms with Crippen LogP contribution < -0.4 is 5.32 Å². The Morgan fingerprint density at radius 2 is 2.14 bits per heavy atom. The van der Waals surface area contributed by atoms with Gasteiger partial charge in [-0.25, -0.2) is 0 Å². The lowest BCUT2D eigenvalue weighted by atomic mass is 10.1. The van der Waals surface area contributed by atoms with Crippen molar-refractivity contribution in [2.75, 3.05) is 12.4 Å². The van der Waals surface area contributed by atoms with Crippen molar-refractivity contribution in [2.24, 2.45) is 0 Å². The highest BCUT2D eigenvalue weighted by Gasteiger charge is 2.03. The fraction of sp³-hybridized carbons (Fsp3) is 0.182. The summed E-state index contributed by atoms with van der Waals surface area (Å²) in [5, 5.41) is 7.03. The predicted molar refractivity (Wildman–Crippen MR) is 56.2 cm³/mol. The Labute approximate surface area is 82.7 Å². The van der Waals surface area contributed by atoms with E-state index in [9.17, 15) is 0 Å². The Morgan fingerprint density at radius 3 is 2.79 bits per heavy atom. The Bertz CT molecular complexity index is 421. The lowest BCUT2D eigenvalue weighted by Gasteiger charge is -2.05. The third-order valence-electron chi connectivity index (χ3n) is 2.24. The first-order valence-electron chi connectivity index (χ1n) is 4.50. The zero-order valence-electron chi connectivity index (χ0n) is 8.24. The molecular weight excluding hydrogens is 176 g/mol. The van der Waals surface area contributed by atoms with Crippen molar-refractivity contribution in [1.82, 2.24) is 5.16 Å². The van der Waals surface area contributed by atoms with Gasteiger partial charge in [-0.05, 0) is 18.6 Å². The number of hydrogen-bond acceptors (Lipinski definition) is 3. The fourth-order valence-corrected chi connectivity index (χ4v) is 1.41. The van der Waals surface area contributed by atoms with Crippen LogP contribution in [-0.4, -0.2) is 12.2 Å². The molecule has 3 nitrogen and oxygen atoms in total. The molecule has 2 aromatic rings. The fourth-order valence-electron chi connectivity index (χ4n) is 1.41. The van der Waals surface area contributed by atoms with E-state index in [2.05, 4.69) is 29.5 Å². The largest absolute Gasteiger partial charge is 0.388 e. The van der Waals surface area contributed by atoms with Gasteiger partial charge in [-0.3, -0.25) is 0 Å². The van der Waals surface area contributed by atoms with E-state index in [4.69, 9.17) is 4.52 Å². The van der Waals surface area contributed by atoms with Gasteiger partial charge in [0.1, 0.15) is 12.0 Å². The van der Waals surface area contributed by atoms with Crippen molar-refractivity contribution < 1.29 is 4.52 Å². The molecule has 0 unspecified atom stereocenters. The van der Waals surface area contributed by atoms with Crippen LogP contribution >= 0.6 is 0 Å². The van der Waals surface area contributed by atoms with Crippen LogP contribution in [0.5, 0.6) is 0 Å². The molecule has 1 N–H and O–H groups in total. The molecule has 0 spiro atoms. The Morgan fingerprint density at radius 1 is 1.29 bits per heavy atom. The number of aryl methyl sites for hydroxylation is 1. The lowest BCUT2D eigenvalue weighted by Crippen LogP contribution is -1.91. The number of anilines is 1. The van der Waals surface area contributed by atoms with Crippen LogP contribution in [0.1, 0.15) is 5.56 Å². The molecule has 0 saturated heterocycles. The van der Waals surface area contributed by atoms with Crippen molar-refractivity contribution in [1.29, 1.82) is 0 Å². The molecule has 0 bridgehead atoms. The summed E-state index contributed by atoms with van der Waals surface area (Å²) in [5.74, 6) is 0. The molecule has 3 heteroatoms. The highest BCUT2D eigenvalue weighted by Crippen LogP contribution is 2.23. The second-order valence-electron chi connectivity index (χ2n) is 3.16. The molecule has 0 amide bonds. The predicted octanol–water partition coefficient (Wildman–Crippen LogP) is 2.69. The monoisotopic (exact) mass is 188 g/mol. The minimum Gasteiger partial charge on any atom is -0.388 e. The van der Waals surface area contributed by atoms with E-state index in [1.54, 1.807) is 6.26 Å². The Hall–Kier alpha value is -1.77. The van der Waals surface area contributed by atoms with Crippen LogP contribution in [0, 0.1) is 6.92 Å². The number of nitrogens with zero attached hydrogens (tertiary/aromatic N) is 1. The van der Waals surface area contributed by atoms with Gasteiger partial charge in [0, 0.05) is 24.4 Å². The van der Waals surface area contributed by atoms with Gasteiger partial charge in [0.2, 0.25) is 0 Å². The van der Waals surface area contributed by atoms with Crippen LogP contribution in [0.2, 0.25) is 0 Å². The van der Waals surface area contributed by atoms with Crippen molar-refractivity contribution in [2.45, 2.75) is 6.92 Å². The van der Waals surface area contributed by atoms with Gasteiger partial charge in [-0.1, -0.05) is 17.3 Å². The first-order valence-corrected chi connectivity index (χ1v) is 4.50. The van der Waals surface area contributed by atoms with Crippen LogP contribution in [0.3, 0.4) is 0 Å². The van der Waals surface area contributed by atoms with E-state index in [-0.39, 0.29) is 0 Å². The summed E-state index contributed by atoms with van der Waals surface area (Å²) < 4.78 is 4.80. The molecule has 1 aromatic heterocycles. The molecule has 0 aliphatic rings. The topological polar surface area (TPSA) is 38.1 Å². The molecule has 72 valence electrons. The van der Waals surface area contributed by atoms with Crippen LogP contribution in [0.15, 0.2) is 35.1 Å². The molecule has 0 radical (unpaired) electrons. The number of aromatic nitrogens is 1. The van der Waals surface area contributed by atoms with Crippen molar-refractivity contribution in [3.63, 3.8) is 0 Å². The van der Waals surface area contributed by atoms with Crippen molar-refractivity contribution in [3.05, 3.63) is 36.1 Å². The van der Waals surface area contributed by atoms with Crippen molar-refractivity contribution >= 4 is 5.69 Å². The molecule has 0 aliphatic carbocycles. The smallest absolute Gasteiger partial charge is 0.124 e. The number of rotatable bonds is 2. The quantitative estimate of drug-likeness (QED) is 0.787. The van der Waals surface area contributed by atoms with E-state index in [1.807, 2.05) is 19.2 Å². The van der Waals surface area contributed by atoms with E-state index in [0.29, 0.717) is 0 Å². The molecule has 0 saturated carbocycles. The van der Waals surface area contributed by atoms with E-state index in [1.165, 1.54) is 5.56 Å².